The van der Waals surface area contributed by atoms with Gasteiger partial charge in [-0.25, -0.2) is 4.39 Å². The number of tetrazole rings is 1. The molecule has 3 aromatic rings. The van der Waals surface area contributed by atoms with E-state index in [1.807, 2.05) is 6.92 Å². The van der Waals surface area contributed by atoms with E-state index in [0.29, 0.717) is 16.1 Å². The SMILES string of the molecule is Cc1ncc(-c2cccc(F)c2-c2nnn(C)n2)cc1Cl. The molecule has 0 aliphatic heterocycles. The molecule has 0 aliphatic carbocycles. The lowest BCUT2D eigenvalue weighted by Gasteiger charge is -2.08. The van der Waals surface area contributed by atoms with Crippen LogP contribution in [0.15, 0.2) is 30.5 Å². The molecule has 0 bridgehead atoms. The van der Waals surface area contributed by atoms with Crippen molar-refractivity contribution < 1.29 is 4.39 Å². The monoisotopic (exact) mass is 303 g/mol. The third-order valence-corrected chi connectivity index (χ3v) is 3.46. The minimum atomic E-state index is -0.419. The lowest BCUT2D eigenvalue weighted by molar-refractivity contribution is 0.625. The molecular weight excluding hydrogens is 293 g/mol. The molecule has 0 N–H and O–H groups in total. The normalized spacial score (nSPS) is 10.9. The molecule has 3 rings (SSSR count). The van der Waals surface area contributed by atoms with Gasteiger partial charge in [0.2, 0.25) is 5.82 Å². The van der Waals surface area contributed by atoms with Crippen molar-refractivity contribution >= 4 is 11.6 Å². The molecule has 106 valence electrons. The van der Waals surface area contributed by atoms with Crippen LogP contribution in [0.4, 0.5) is 4.39 Å². The van der Waals surface area contributed by atoms with E-state index in [4.69, 9.17) is 11.6 Å². The molecule has 0 fully saturated rings. The Labute approximate surface area is 125 Å². The minimum absolute atomic E-state index is 0.224. The first-order valence-electron chi connectivity index (χ1n) is 6.21. The molecule has 1 aromatic carbocycles. The topological polar surface area (TPSA) is 56.5 Å². The Morgan fingerprint density at radius 1 is 1.29 bits per heavy atom. The summed E-state index contributed by atoms with van der Waals surface area (Å²) in [4.78, 5) is 5.49. The second-order valence-corrected chi connectivity index (χ2v) is 4.96. The number of hydrogen-bond donors (Lipinski definition) is 0. The molecule has 0 unspecified atom stereocenters. The summed E-state index contributed by atoms with van der Waals surface area (Å²) in [5.41, 5.74) is 2.33. The van der Waals surface area contributed by atoms with Gasteiger partial charge in [-0.15, -0.1) is 10.2 Å². The van der Waals surface area contributed by atoms with Gasteiger partial charge in [0.1, 0.15) is 5.82 Å². The Morgan fingerprint density at radius 2 is 2.10 bits per heavy atom. The number of pyridine rings is 1. The second kappa shape index (κ2) is 5.21. The first-order chi connectivity index (χ1) is 10.1. The van der Waals surface area contributed by atoms with Crippen molar-refractivity contribution in [2.75, 3.05) is 0 Å². The van der Waals surface area contributed by atoms with Gasteiger partial charge >= 0.3 is 0 Å². The van der Waals surface area contributed by atoms with E-state index in [-0.39, 0.29) is 11.4 Å². The smallest absolute Gasteiger partial charge is 0.208 e. The zero-order valence-corrected chi connectivity index (χ0v) is 12.1. The molecule has 0 aliphatic rings. The third-order valence-electron chi connectivity index (χ3n) is 3.08. The molecule has 2 heterocycles. The first kappa shape index (κ1) is 13.6. The molecule has 0 spiro atoms. The van der Waals surface area contributed by atoms with Crippen molar-refractivity contribution in [1.82, 2.24) is 25.2 Å². The van der Waals surface area contributed by atoms with Crippen LogP contribution in [0.25, 0.3) is 22.5 Å². The molecule has 7 heteroatoms. The van der Waals surface area contributed by atoms with E-state index in [2.05, 4.69) is 20.4 Å². The molecule has 0 radical (unpaired) electrons. The third kappa shape index (κ3) is 2.50. The van der Waals surface area contributed by atoms with Gasteiger partial charge in [-0.1, -0.05) is 23.7 Å². The van der Waals surface area contributed by atoms with Crippen LogP contribution in [0.3, 0.4) is 0 Å². The predicted octanol–water partition coefficient (Wildman–Crippen LogP) is 3.04. The highest BCUT2D eigenvalue weighted by Crippen LogP contribution is 2.33. The molecule has 0 saturated heterocycles. The van der Waals surface area contributed by atoms with Crippen molar-refractivity contribution in [3.63, 3.8) is 0 Å². The maximum atomic E-state index is 14.2. The largest absolute Gasteiger partial charge is 0.259 e. The first-order valence-corrected chi connectivity index (χ1v) is 6.59. The van der Waals surface area contributed by atoms with Crippen molar-refractivity contribution in [2.45, 2.75) is 6.92 Å². The van der Waals surface area contributed by atoms with Gasteiger partial charge in [-0.3, -0.25) is 4.98 Å². The summed E-state index contributed by atoms with van der Waals surface area (Å²) in [5, 5.41) is 12.2. The molecule has 21 heavy (non-hydrogen) atoms. The fourth-order valence-corrected chi connectivity index (χ4v) is 2.20. The van der Waals surface area contributed by atoms with Crippen molar-refractivity contribution in [2.24, 2.45) is 7.05 Å². The highest BCUT2D eigenvalue weighted by Gasteiger charge is 2.17. The number of nitrogens with zero attached hydrogens (tertiary/aromatic N) is 5. The van der Waals surface area contributed by atoms with Crippen LogP contribution in [0.5, 0.6) is 0 Å². The van der Waals surface area contributed by atoms with E-state index >= 15 is 0 Å². The highest BCUT2D eigenvalue weighted by molar-refractivity contribution is 6.31. The average Bonchev–Trinajstić information content (AvgIpc) is 2.88. The van der Waals surface area contributed by atoms with Gasteiger partial charge < -0.3 is 0 Å². The number of aromatic nitrogens is 5. The van der Waals surface area contributed by atoms with Crippen LogP contribution in [0.2, 0.25) is 5.02 Å². The Balaban J connectivity index is 2.23. The Hall–Kier alpha value is -2.34. The van der Waals surface area contributed by atoms with Crippen LogP contribution in [0, 0.1) is 12.7 Å². The maximum absolute atomic E-state index is 14.2. The van der Waals surface area contributed by atoms with Crippen LogP contribution in [-0.2, 0) is 7.05 Å². The Bertz CT molecular complexity index is 815. The summed E-state index contributed by atoms with van der Waals surface area (Å²) in [6.45, 7) is 1.81. The van der Waals surface area contributed by atoms with Crippen molar-refractivity contribution in [1.29, 1.82) is 0 Å². The quantitative estimate of drug-likeness (QED) is 0.730. The summed E-state index contributed by atoms with van der Waals surface area (Å²) in [7, 11) is 1.63. The van der Waals surface area contributed by atoms with Gasteiger partial charge in [0, 0.05) is 11.8 Å². The molecule has 0 saturated carbocycles. The summed E-state index contributed by atoms with van der Waals surface area (Å²) >= 11 is 6.10. The fraction of sp³-hybridized carbons (Fsp3) is 0.143. The van der Waals surface area contributed by atoms with E-state index in [1.165, 1.54) is 10.9 Å². The van der Waals surface area contributed by atoms with Crippen LogP contribution in [0.1, 0.15) is 5.69 Å². The lowest BCUT2D eigenvalue weighted by atomic mass is 10.00. The molecular formula is C14H11ClFN5. The average molecular weight is 304 g/mol. The number of hydrogen-bond acceptors (Lipinski definition) is 4. The summed E-state index contributed by atoms with van der Waals surface area (Å²) < 4.78 is 14.2. The summed E-state index contributed by atoms with van der Waals surface area (Å²) in [5.74, 6) is -0.195. The van der Waals surface area contributed by atoms with Gasteiger partial charge in [0.15, 0.2) is 0 Å². The summed E-state index contributed by atoms with van der Waals surface area (Å²) in [6.07, 6.45) is 1.65. The molecule has 0 amide bonds. The van der Waals surface area contributed by atoms with Crippen molar-refractivity contribution in [3.05, 3.63) is 47.0 Å². The van der Waals surface area contributed by atoms with Gasteiger partial charge in [-0.05, 0) is 29.8 Å². The van der Waals surface area contributed by atoms with Crippen LogP contribution < -0.4 is 0 Å². The van der Waals surface area contributed by atoms with Crippen LogP contribution >= 0.6 is 11.6 Å². The van der Waals surface area contributed by atoms with Crippen LogP contribution in [-0.4, -0.2) is 25.2 Å². The van der Waals surface area contributed by atoms with E-state index < -0.39 is 5.82 Å². The second-order valence-electron chi connectivity index (χ2n) is 4.56. The number of aryl methyl sites for hydroxylation is 2. The molecule has 0 atom stereocenters. The van der Waals surface area contributed by atoms with E-state index in [1.54, 1.807) is 31.4 Å². The van der Waals surface area contributed by atoms with Gasteiger partial charge in [-0.2, -0.15) is 4.80 Å². The molecule has 2 aromatic heterocycles. The Kier molecular flexibility index (Phi) is 3.39. The van der Waals surface area contributed by atoms with E-state index in [0.717, 1.165) is 5.69 Å². The predicted molar refractivity (Wildman–Crippen MR) is 77.2 cm³/mol. The zero-order valence-electron chi connectivity index (χ0n) is 11.4. The van der Waals surface area contributed by atoms with E-state index in [9.17, 15) is 4.39 Å². The minimum Gasteiger partial charge on any atom is -0.259 e. The van der Waals surface area contributed by atoms with Gasteiger partial charge in [0.05, 0.1) is 23.3 Å². The standard InChI is InChI=1S/C14H11ClFN5/c1-8-11(15)6-9(7-17-8)10-4-3-5-12(16)13(10)14-18-20-21(2)19-14/h3-7H,1-2H3. The molecule has 5 nitrogen and oxygen atoms in total. The van der Waals surface area contributed by atoms with Gasteiger partial charge in [0.25, 0.3) is 0 Å². The number of halogens is 2. The Morgan fingerprint density at radius 3 is 2.76 bits per heavy atom. The maximum Gasteiger partial charge on any atom is 0.208 e. The highest BCUT2D eigenvalue weighted by atomic mass is 35.5. The number of benzene rings is 1. The zero-order chi connectivity index (χ0) is 15.0. The summed E-state index contributed by atoms with van der Waals surface area (Å²) in [6, 6.07) is 6.51. The van der Waals surface area contributed by atoms with Crippen molar-refractivity contribution in [3.8, 4) is 22.5 Å². The number of rotatable bonds is 2. The lowest BCUT2D eigenvalue weighted by Crippen LogP contribution is -1.95. The fourth-order valence-electron chi connectivity index (χ4n) is 2.03.